The van der Waals surface area contributed by atoms with Crippen molar-refractivity contribution in [3.8, 4) is 0 Å². The maximum absolute atomic E-state index is 3.16. The SMILES string of the molecule is CCCCC(P)(c1ccccc1C)c1ccccc1C. The Morgan fingerprint density at radius 3 is 1.70 bits per heavy atom. The van der Waals surface area contributed by atoms with Gasteiger partial charge in [-0.1, -0.05) is 68.3 Å². The second-order valence-electron chi connectivity index (χ2n) is 5.70. The Morgan fingerprint density at radius 2 is 1.30 bits per heavy atom. The first kappa shape index (κ1) is 15.3. The minimum absolute atomic E-state index is 0.0344. The molecule has 0 heterocycles. The van der Waals surface area contributed by atoms with Gasteiger partial charge in [-0.25, -0.2) is 0 Å². The third-order valence-electron chi connectivity index (χ3n) is 4.18. The minimum atomic E-state index is 0.0344. The lowest BCUT2D eigenvalue weighted by Crippen LogP contribution is -2.22. The van der Waals surface area contributed by atoms with Crippen LogP contribution in [0.5, 0.6) is 0 Å². The quantitative estimate of drug-likeness (QED) is 0.626. The Bertz CT molecular complexity index is 526. The molecule has 0 fully saturated rings. The summed E-state index contributed by atoms with van der Waals surface area (Å²) < 4.78 is 0. The van der Waals surface area contributed by atoms with Crippen LogP contribution in [0.4, 0.5) is 0 Å². The molecule has 106 valence electrons. The van der Waals surface area contributed by atoms with Gasteiger partial charge in [0.1, 0.15) is 0 Å². The standard InChI is InChI=1S/C19H25P/c1-4-5-14-19(20,17-12-8-6-10-15(17)2)18-13-9-7-11-16(18)3/h6-13H,4-5,14,20H2,1-3H3. The lowest BCUT2D eigenvalue weighted by atomic mass is 9.82. The van der Waals surface area contributed by atoms with Crippen LogP contribution in [0.1, 0.15) is 48.4 Å². The van der Waals surface area contributed by atoms with E-state index in [1.165, 1.54) is 41.5 Å². The minimum Gasteiger partial charge on any atom is -0.122 e. The maximum Gasteiger partial charge on any atom is 0.0349 e. The predicted molar refractivity (Wildman–Crippen MR) is 92.4 cm³/mol. The van der Waals surface area contributed by atoms with Crippen molar-refractivity contribution < 1.29 is 0 Å². The van der Waals surface area contributed by atoms with Crippen LogP contribution in [-0.2, 0) is 5.16 Å². The van der Waals surface area contributed by atoms with E-state index >= 15 is 0 Å². The molecule has 0 aromatic heterocycles. The molecule has 1 atom stereocenters. The lowest BCUT2D eigenvalue weighted by Gasteiger charge is -2.33. The first-order valence-corrected chi connectivity index (χ1v) is 8.08. The summed E-state index contributed by atoms with van der Waals surface area (Å²) in [5.41, 5.74) is 5.63. The van der Waals surface area contributed by atoms with Crippen molar-refractivity contribution in [2.75, 3.05) is 0 Å². The van der Waals surface area contributed by atoms with Gasteiger partial charge in [0.05, 0.1) is 0 Å². The number of unbranched alkanes of at least 4 members (excludes halogenated alkanes) is 1. The van der Waals surface area contributed by atoms with Crippen LogP contribution in [0.25, 0.3) is 0 Å². The third-order valence-corrected chi connectivity index (χ3v) is 5.09. The van der Waals surface area contributed by atoms with Gasteiger partial charge in [0.15, 0.2) is 0 Å². The van der Waals surface area contributed by atoms with Crippen molar-refractivity contribution in [3.63, 3.8) is 0 Å². The number of rotatable bonds is 5. The maximum atomic E-state index is 3.16. The number of aryl methyl sites for hydroxylation is 2. The normalized spacial score (nSPS) is 11.6. The molecule has 0 spiro atoms. The molecule has 0 N–H and O–H groups in total. The molecule has 0 bridgehead atoms. The van der Waals surface area contributed by atoms with Crippen LogP contribution in [0, 0.1) is 13.8 Å². The van der Waals surface area contributed by atoms with Gasteiger partial charge in [-0.2, -0.15) is 0 Å². The largest absolute Gasteiger partial charge is 0.122 e. The van der Waals surface area contributed by atoms with E-state index in [-0.39, 0.29) is 5.16 Å². The van der Waals surface area contributed by atoms with Crippen LogP contribution < -0.4 is 0 Å². The van der Waals surface area contributed by atoms with Gasteiger partial charge in [0, 0.05) is 5.16 Å². The molecule has 0 aliphatic carbocycles. The number of benzene rings is 2. The summed E-state index contributed by atoms with van der Waals surface area (Å²) in [5, 5.41) is 0.0344. The van der Waals surface area contributed by atoms with Crippen LogP contribution in [0.2, 0.25) is 0 Å². The van der Waals surface area contributed by atoms with Gasteiger partial charge in [-0.05, 0) is 42.5 Å². The molecule has 0 aliphatic heterocycles. The fourth-order valence-corrected chi connectivity index (χ4v) is 3.87. The molecule has 1 unspecified atom stereocenters. The first-order valence-electron chi connectivity index (χ1n) is 7.50. The molecule has 2 aromatic rings. The molecule has 0 radical (unpaired) electrons. The van der Waals surface area contributed by atoms with Crippen LogP contribution >= 0.6 is 9.24 Å². The predicted octanol–water partition coefficient (Wildman–Crippen LogP) is 5.61. The van der Waals surface area contributed by atoms with Crippen molar-refractivity contribution >= 4 is 9.24 Å². The van der Waals surface area contributed by atoms with E-state index in [9.17, 15) is 0 Å². The number of hydrogen-bond donors (Lipinski definition) is 0. The molecule has 0 saturated carbocycles. The van der Waals surface area contributed by atoms with Gasteiger partial charge in [0.2, 0.25) is 0 Å². The highest BCUT2D eigenvalue weighted by Gasteiger charge is 2.30. The Labute approximate surface area is 125 Å². The second kappa shape index (κ2) is 6.55. The topological polar surface area (TPSA) is 0 Å². The molecule has 0 nitrogen and oxygen atoms in total. The van der Waals surface area contributed by atoms with E-state index in [0.29, 0.717) is 0 Å². The fraction of sp³-hybridized carbons (Fsp3) is 0.368. The molecule has 20 heavy (non-hydrogen) atoms. The van der Waals surface area contributed by atoms with E-state index in [0.717, 1.165) is 0 Å². The second-order valence-corrected chi connectivity index (χ2v) is 6.69. The van der Waals surface area contributed by atoms with E-state index < -0.39 is 0 Å². The van der Waals surface area contributed by atoms with Crippen molar-refractivity contribution in [2.45, 2.75) is 45.2 Å². The Balaban J connectivity index is 2.57. The molecular formula is C19H25P. The van der Waals surface area contributed by atoms with Gasteiger partial charge < -0.3 is 0 Å². The molecule has 2 rings (SSSR count). The zero-order chi connectivity index (χ0) is 14.6. The molecule has 0 amide bonds. The van der Waals surface area contributed by atoms with Crippen molar-refractivity contribution in [3.05, 3.63) is 70.8 Å². The summed E-state index contributed by atoms with van der Waals surface area (Å²) in [6.45, 7) is 6.71. The zero-order valence-corrected chi connectivity index (χ0v) is 14.0. The molecular weight excluding hydrogens is 259 g/mol. The smallest absolute Gasteiger partial charge is 0.0349 e. The fourth-order valence-electron chi connectivity index (χ4n) is 3.02. The Morgan fingerprint density at radius 1 is 0.850 bits per heavy atom. The van der Waals surface area contributed by atoms with E-state index in [1.54, 1.807) is 0 Å². The molecule has 0 saturated heterocycles. The van der Waals surface area contributed by atoms with Crippen molar-refractivity contribution in [1.82, 2.24) is 0 Å². The van der Waals surface area contributed by atoms with Gasteiger partial charge >= 0.3 is 0 Å². The third kappa shape index (κ3) is 2.96. The lowest BCUT2D eigenvalue weighted by molar-refractivity contribution is 0.603. The summed E-state index contributed by atoms with van der Waals surface area (Å²) >= 11 is 0. The van der Waals surface area contributed by atoms with Crippen LogP contribution in [-0.4, -0.2) is 0 Å². The number of hydrogen-bond acceptors (Lipinski definition) is 0. The summed E-state index contributed by atoms with van der Waals surface area (Å²) in [6.07, 6.45) is 3.64. The van der Waals surface area contributed by atoms with Crippen molar-refractivity contribution in [2.24, 2.45) is 0 Å². The first-order chi connectivity index (χ1) is 9.59. The van der Waals surface area contributed by atoms with E-state index in [1.807, 2.05) is 0 Å². The van der Waals surface area contributed by atoms with E-state index in [2.05, 4.69) is 78.5 Å². The molecule has 0 aliphatic rings. The molecule has 1 heteroatoms. The average molecular weight is 284 g/mol. The van der Waals surface area contributed by atoms with Crippen LogP contribution in [0.15, 0.2) is 48.5 Å². The highest BCUT2D eigenvalue weighted by atomic mass is 31.0. The Hall–Kier alpha value is -1.13. The molecule has 2 aromatic carbocycles. The van der Waals surface area contributed by atoms with E-state index in [4.69, 9.17) is 0 Å². The highest BCUT2D eigenvalue weighted by molar-refractivity contribution is 7.19. The van der Waals surface area contributed by atoms with Crippen LogP contribution in [0.3, 0.4) is 0 Å². The van der Waals surface area contributed by atoms with Gasteiger partial charge in [-0.15, -0.1) is 9.24 Å². The summed E-state index contributed by atoms with van der Waals surface area (Å²) in [5.74, 6) is 0. The van der Waals surface area contributed by atoms with Gasteiger partial charge in [0.25, 0.3) is 0 Å². The zero-order valence-electron chi connectivity index (χ0n) is 12.8. The van der Waals surface area contributed by atoms with Gasteiger partial charge in [-0.3, -0.25) is 0 Å². The monoisotopic (exact) mass is 284 g/mol. The Kier molecular flexibility index (Phi) is 5.00. The summed E-state index contributed by atoms with van der Waals surface area (Å²) in [4.78, 5) is 0. The van der Waals surface area contributed by atoms with Crippen molar-refractivity contribution in [1.29, 1.82) is 0 Å². The average Bonchev–Trinajstić information content (AvgIpc) is 2.46. The summed E-state index contributed by atoms with van der Waals surface area (Å²) in [7, 11) is 3.16. The summed E-state index contributed by atoms with van der Waals surface area (Å²) in [6, 6.07) is 17.6. The highest BCUT2D eigenvalue weighted by Crippen LogP contribution is 2.45.